The van der Waals surface area contributed by atoms with Gasteiger partial charge in [0.1, 0.15) is 23.7 Å². The molecule has 1 aliphatic heterocycles. The van der Waals surface area contributed by atoms with Crippen molar-refractivity contribution in [3.8, 4) is 0 Å². The number of carbonyl (C=O) groups excluding carboxylic acids is 3. The van der Waals surface area contributed by atoms with Crippen LogP contribution in [-0.2, 0) is 15.1 Å². The van der Waals surface area contributed by atoms with E-state index in [2.05, 4.69) is 5.32 Å². The number of hydrogen-bond donors (Lipinski definition) is 1. The Hall–Kier alpha value is -2.51. The summed E-state index contributed by atoms with van der Waals surface area (Å²) in [6.07, 6.45) is 5.02. The summed E-state index contributed by atoms with van der Waals surface area (Å²) in [5.41, 5.74) is -2.02. The van der Waals surface area contributed by atoms with Crippen LogP contribution < -0.4 is 5.32 Å². The second-order valence-electron chi connectivity index (χ2n) is 7.37. The van der Waals surface area contributed by atoms with Crippen LogP contribution in [-0.4, -0.2) is 47.3 Å². The van der Waals surface area contributed by atoms with E-state index in [1.807, 2.05) is 0 Å². The molecule has 0 radical (unpaired) electrons. The standard InChI is InChI=1S/C19H23F2N3O3/c1-19(14-10-12(20)8-9-15(14)21)17(26)24(18(27)22-19)11-16(25)23(2)13-6-4-3-5-7-13/h8-10,13H,3-7,11H2,1-2H3,(H,22,27)/t19-/m0/s1. The molecule has 0 spiro atoms. The second kappa shape index (κ2) is 7.25. The zero-order valence-electron chi connectivity index (χ0n) is 15.4. The first-order valence-electron chi connectivity index (χ1n) is 9.09. The van der Waals surface area contributed by atoms with Crippen LogP contribution in [0.25, 0.3) is 0 Å². The average Bonchev–Trinajstić information content (AvgIpc) is 2.87. The summed E-state index contributed by atoms with van der Waals surface area (Å²) in [6, 6.07) is 2.02. The Morgan fingerprint density at radius 1 is 1.26 bits per heavy atom. The molecule has 6 nitrogen and oxygen atoms in total. The summed E-state index contributed by atoms with van der Waals surface area (Å²) >= 11 is 0. The molecule has 3 rings (SSSR count). The minimum atomic E-state index is -1.76. The Morgan fingerprint density at radius 2 is 1.93 bits per heavy atom. The summed E-state index contributed by atoms with van der Waals surface area (Å²) in [5, 5.41) is 2.40. The van der Waals surface area contributed by atoms with Crippen LogP contribution in [0, 0.1) is 11.6 Å². The third-order valence-electron chi connectivity index (χ3n) is 5.55. The van der Waals surface area contributed by atoms with E-state index >= 15 is 0 Å². The molecule has 1 N–H and O–H groups in total. The highest BCUT2D eigenvalue weighted by Gasteiger charge is 2.51. The van der Waals surface area contributed by atoms with Gasteiger partial charge in [0.05, 0.1) is 0 Å². The lowest BCUT2D eigenvalue weighted by Gasteiger charge is -2.32. The number of imide groups is 1. The molecule has 1 aromatic carbocycles. The molecule has 1 heterocycles. The maximum Gasteiger partial charge on any atom is 0.325 e. The zero-order valence-corrected chi connectivity index (χ0v) is 15.4. The van der Waals surface area contributed by atoms with Crippen LogP contribution in [0.2, 0.25) is 0 Å². The van der Waals surface area contributed by atoms with Gasteiger partial charge < -0.3 is 10.2 Å². The molecule has 1 saturated heterocycles. The van der Waals surface area contributed by atoms with Gasteiger partial charge in [-0.2, -0.15) is 0 Å². The molecular formula is C19H23F2N3O3. The van der Waals surface area contributed by atoms with Gasteiger partial charge in [-0.05, 0) is 38.0 Å². The number of halogens is 2. The first-order valence-corrected chi connectivity index (χ1v) is 9.09. The van der Waals surface area contributed by atoms with Crippen molar-refractivity contribution in [1.29, 1.82) is 0 Å². The Morgan fingerprint density at radius 3 is 2.59 bits per heavy atom. The molecule has 1 saturated carbocycles. The van der Waals surface area contributed by atoms with Crippen molar-refractivity contribution in [1.82, 2.24) is 15.1 Å². The number of rotatable bonds is 4. The normalized spacial score (nSPS) is 23.5. The first kappa shape index (κ1) is 19.3. The summed E-state index contributed by atoms with van der Waals surface area (Å²) in [5.74, 6) is -2.65. The van der Waals surface area contributed by atoms with E-state index in [0.29, 0.717) is 0 Å². The van der Waals surface area contributed by atoms with Crippen molar-refractivity contribution in [3.63, 3.8) is 0 Å². The fourth-order valence-electron chi connectivity index (χ4n) is 3.82. The monoisotopic (exact) mass is 379 g/mol. The van der Waals surface area contributed by atoms with Crippen molar-refractivity contribution in [2.24, 2.45) is 0 Å². The van der Waals surface area contributed by atoms with E-state index < -0.39 is 35.7 Å². The van der Waals surface area contributed by atoms with Crippen LogP contribution in [0.1, 0.15) is 44.6 Å². The molecule has 1 aliphatic carbocycles. The number of urea groups is 1. The largest absolute Gasteiger partial charge is 0.341 e. The second-order valence-corrected chi connectivity index (χ2v) is 7.37. The molecule has 2 aliphatic rings. The van der Waals surface area contributed by atoms with Crippen LogP contribution in [0.4, 0.5) is 13.6 Å². The highest BCUT2D eigenvalue weighted by atomic mass is 19.1. The highest BCUT2D eigenvalue weighted by molar-refractivity contribution is 6.09. The smallest absolute Gasteiger partial charge is 0.325 e. The third-order valence-corrected chi connectivity index (χ3v) is 5.55. The van der Waals surface area contributed by atoms with Gasteiger partial charge in [-0.1, -0.05) is 19.3 Å². The minimum Gasteiger partial charge on any atom is -0.341 e. The maximum atomic E-state index is 14.2. The fraction of sp³-hybridized carbons (Fsp3) is 0.526. The summed E-state index contributed by atoms with van der Waals surface area (Å²) in [6.45, 7) is 0.880. The van der Waals surface area contributed by atoms with E-state index in [1.165, 1.54) is 6.92 Å². The first-order chi connectivity index (χ1) is 12.7. The minimum absolute atomic E-state index is 0.0964. The van der Waals surface area contributed by atoms with Gasteiger partial charge in [-0.3, -0.25) is 14.5 Å². The lowest BCUT2D eigenvalue weighted by Crippen LogP contribution is -2.46. The Bertz CT molecular complexity index is 779. The predicted octanol–water partition coefficient (Wildman–Crippen LogP) is 2.52. The van der Waals surface area contributed by atoms with Gasteiger partial charge in [0.2, 0.25) is 5.91 Å². The molecule has 4 amide bonds. The van der Waals surface area contributed by atoms with Crippen LogP contribution in [0.3, 0.4) is 0 Å². The Labute approximate surface area is 156 Å². The van der Waals surface area contributed by atoms with Gasteiger partial charge in [-0.15, -0.1) is 0 Å². The lowest BCUT2D eigenvalue weighted by atomic mass is 9.91. The topological polar surface area (TPSA) is 69.7 Å². The van der Waals surface area contributed by atoms with E-state index in [-0.39, 0.29) is 17.5 Å². The predicted molar refractivity (Wildman–Crippen MR) is 93.6 cm³/mol. The van der Waals surface area contributed by atoms with Crippen molar-refractivity contribution < 1.29 is 23.2 Å². The van der Waals surface area contributed by atoms with E-state index in [4.69, 9.17) is 0 Å². The molecule has 8 heteroatoms. The number of carbonyl (C=O) groups is 3. The average molecular weight is 379 g/mol. The lowest BCUT2D eigenvalue weighted by molar-refractivity contribution is -0.139. The Kier molecular flexibility index (Phi) is 5.17. The van der Waals surface area contributed by atoms with Crippen molar-refractivity contribution >= 4 is 17.8 Å². The highest BCUT2D eigenvalue weighted by Crippen LogP contribution is 2.31. The molecule has 27 heavy (non-hydrogen) atoms. The molecule has 0 unspecified atom stereocenters. The van der Waals surface area contributed by atoms with E-state index in [1.54, 1.807) is 11.9 Å². The summed E-state index contributed by atoms with van der Waals surface area (Å²) < 4.78 is 27.7. The van der Waals surface area contributed by atoms with Crippen molar-refractivity contribution in [3.05, 3.63) is 35.4 Å². The van der Waals surface area contributed by atoms with Gasteiger partial charge in [0.15, 0.2) is 0 Å². The summed E-state index contributed by atoms with van der Waals surface area (Å²) in [7, 11) is 1.67. The molecular weight excluding hydrogens is 356 g/mol. The Balaban J connectivity index is 1.77. The zero-order chi connectivity index (χ0) is 19.8. The summed E-state index contributed by atoms with van der Waals surface area (Å²) in [4.78, 5) is 40.1. The van der Waals surface area contributed by atoms with Crippen molar-refractivity contribution in [2.75, 3.05) is 13.6 Å². The fourth-order valence-corrected chi connectivity index (χ4v) is 3.82. The number of nitrogens with one attached hydrogen (secondary N) is 1. The maximum absolute atomic E-state index is 14.2. The molecule has 2 fully saturated rings. The molecule has 146 valence electrons. The van der Waals surface area contributed by atoms with Crippen molar-refractivity contribution in [2.45, 2.75) is 50.6 Å². The number of hydrogen-bond acceptors (Lipinski definition) is 3. The number of nitrogens with zero attached hydrogens (tertiary/aromatic N) is 2. The molecule has 1 aromatic rings. The van der Waals surface area contributed by atoms with Crippen LogP contribution in [0.5, 0.6) is 0 Å². The molecule has 1 atom stereocenters. The molecule has 0 bridgehead atoms. The van der Waals surface area contributed by atoms with E-state index in [9.17, 15) is 23.2 Å². The SMILES string of the molecule is CN(C(=O)CN1C(=O)N[C@@](C)(c2cc(F)ccc2F)C1=O)C1CCCCC1. The number of benzene rings is 1. The van der Waals surface area contributed by atoms with E-state index in [0.717, 1.165) is 55.2 Å². The van der Waals surface area contributed by atoms with Crippen LogP contribution in [0.15, 0.2) is 18.2 Å². The quantitative estimate of drug-likeness (QED) is 0.818. The number of likely N-dealkylation sites (N-methyl/N-ethyl adjacent to an activating group) is 1. The molecule has 0 aromatic heterocycles. The third kappa shape index (κ3) is 3.52. The van der Waals surface area contributed by atoms with Gasteiger partial charge in [-0.25, -0.2) is 13.6 Å². The van der Waals surface area contributed by atoms with Gasteiger partial charge >= 0.3 is 6.03 Å². The van der Waals surface area contributed by atoms with Gasteiger partial charge in [0.25, 0.3) is 5.91 Å². The van der Waals surface area contributed by atoms with Crippen LogP contribution >= 0.6 is 0 Å². The van der Waals surface area contributed by atoms with Gasteiger partial charge in [0, 0.05) is 18.7 Å². The number of amides is 4.